The minimum absolute atomic E-state index is 0.491. The lowest BCUT2D eigenvalue weighted by Gasteiger charge is -2.05. The lowest BCUT2D eigenvalue weighted by molar-refractivity contribution is 1.05. The van der Waals surface area contributed by atoms with Crippen LogP contribution in [0.15, 0.2) is 18.2 Å². The molecule has 0 aliphatic carbocycles. The van der Waals surface area contributed by atoms with Crippen molar-refractivity contribution in [3.05, 3.63) is 40.3 Å². The second kappa shape index (κ2) is 4.18. The molecular weight excluding hydrogens is 222 g/mol. The largest absolute Gasteiger partial charge is 0.250 e. The second-order valence-electron chi connectivity index (χ2n) is 3.71. The van der Waals surface area contributed by atoms with Gasteiger partial charge in [-0.15, -0.1) is 0 Å². The maximum Gasteiger partial charge on any atom is 0.179 e. The quantitative estimate of drug-likeness (QED) is 0.711. The van der Waals surface area contributed by atoms with Crippen LogP contribution >= 0.6 is 11.6 Å². The highest BCUT2D eigenvalue weighted by Crippen LogP contribution is 2.20. The summed E-state index contributed by atoms with van der Waals surface area (Å²) >= 11 is 6.03. The highest BCUT2D eigenvalue weighted by atomic mass is 35.5. The molecule has 2 heterocycles. The van der Waals surface area contributed by atoms with Gasteiger partial charge in [-0.2, -0.15) is 0 Å². The van der Waals surface area contributed by atoms with Gasteiger partial charge in [-0.3, -0.25) is 0 Å². The van der Waals surface area contributed by atoms with Crippen LogP contribution in [0.1, 0.15) is 17.0 Å². The molecule has 16 heavy (non-hydrogen) atoms. The Morgan fingerprint density at radius 1 is 1.00 bits per heavy atom. The summed E-state index contributed by atoms with van der Waals surface area (Å²) in [7, 11) is 0. The zero-order valence-corrected chi connectivity index (χ0v) is 10.2. The summed E-state index contributed by atoms with van der Waals surface area (Å²) in [4.78, 5) is 13.0. The van der Waals surface area contributed by atoms with Crippen molar-refractivity contribution in [3.8, 4) is 11.5 Å². The number of rotatable bonds is 1. The predicted octanol–water partition coefficient (Wildman–Crippen LogP) is 3.12. The molecular formula is C12H12ClN3. The highest BCUT2D eigenvalue weighted by Gasteiger charge is 2.08. The minimum atomic E-state index is 0.491. The zero-order chi connectivity index (χ0) is 11.7. The number of nitrogens with zero attached hydrogens (tertiary/aromatic N) is 3. The summed E-state index contributed by atoms with van der Waals surface area (Å²) in [6.07, 6.45) is 0. The van der Waals surface area contributed by atoms with Crippen molar-refractivity contribution in [1.29, 1.82) is 0 Å². The molecule has 2 aromatic rings. The number of aryl methyl sites for hydroxylation is 2. The molecule has 0 aromatic carbocycles. The van der Waals surface area contributed by atoms with Crippen LogP contribution in [-0.2, 0) is 0 Å². The Bertz CT molecular complexity index is 515. The summed E-state index contributed by atoms with van der Waals surface area (Å²) < 4.78 is 0. The molecule has 0 bridgehead atoms. The summed E-state index contributed by atoms with van der Waals surface area (Å²) in [5.74, 6) is 0.580. The number of hydrogen-bond donors (Lipinski definition) is 0. The smallest absolute Gasteiger partial charge is 0.179 e. The molecule has 2 rings (SSSR count). The number of hydrogen-bond acceptors (Lipinski definition) is 3. The molecule has 0 radical (unpaired) electrons. The average molecular weight is 234 g/mol. The molecule has 0 atom stereocenters. The van der Waals surface area contributed by atoms with Crippen molar-refractivity contribution in [3.63, 3.8) is 0 Å². The van der Waals surface area contributed by atoms with Crippen molar-refractivity contribution in [2.75, 3.05) is 0 Å². The van der Waals surface area contributed by atoms with Gasteiger partial charge in [0, 0.05) is 17.0 Å². The normalized spacial score (nSPS) is 10.5. The van der Waals surface area contributed by atoms with Crippen molar-refractivity contribution in [1.82, 2.24) is 15.0 Å². The summed E-state index contributed by atoms with van der Waals surface area (Å²) in [6.45, 7) is 5.76. The molecule has 3 nitrogen and oxygen atoms in total. The average Bonchev–Trinajstić information content (AvgIpc) is 2.25. The van der Waals surface area contributed by atoms with Crippen LogP contribution in [-0.4, -0.2) is 15.0 Å². The number of pyridine rings is 1. The van der Waals surface area contributed by atoms with Gasteiger partial charge < -0.3 is 0 Å². The molecule has 0 aliphatic rings. The topological polar surface area (TPSA) is 38.7 Å². The third-order valence-corrected chi connectivity index (χ3v) is 2.82. The maximum absolute atomic E-state index is 6.03. The van der Waals surface area contributed by atoms with Crippen LogP contribution in [0.25, 0.3) is 11.5 Å². The summed E-state index contributed by atoms with van der Waals surface area (Å²) in [5, 5.41) is 0.491. The van der Waals surface area contributed by atoms with E-state index in [2.05, 4.69) is 15.0 Å². The zero-order valence-electron chi connectivity index (χ0n) is 9.45. The van der Waals surface area contributed by atoms with E-state index in [1.54, 1.807) is 0 Å². The summed E-state index contributed by atoms with van der Waals surface area (Å²) in [5.41, 5.74) is 3.50. The molecule has 82 valence electrons. The number of halogens is 1. The Morgan fingerprint density at radius 3 is 2.38 bits per heavy atom. The van der Waals surface area contributed by atoms with E-state index in [0.717, 1.165) is 22.6 Å². The number of aromatic nitrogens is 3. The van der Waals surface area contributed by atoms with Gasteiger partial charge in [0.05, 0.1) is 0 Å². The van der Waals surface area contributed by atoms with Crippen molar-refractivity contribution < 1.29 is 0 Å². The van der Waals surface area contributed by atoms with E-state index in [-0.39, 0.29) is 0 Å². The fourth-order valence-corrected chi connectivity index (χ4v) is 1.59. The molecule has 0 fully saturated rings. The molecule has 0 amide bonds. The van der Waals surface area contributed by atoms with Crippen LogP contribution in [0.2, 0.25) is 5.15 Å². The van der Waals surface area contributed by atoms with Gasteiger partial charge in [0.25, 0.3) is 0 Å². The monoisotopic (exact) mass is 233 g/mol. The summed E-state index contributed by atoms with van der Waals surface area (Å²) in [6, 6.07) is 5.75. The van der Waals surface area contributed by atoms with Crippen LogP contribution in [0.5, 0.6) is 0 Å². The first-order valence-electron chi connectivity index (χ1n) is 5.02. The first kappa shape index (κ1) is 11.0. The van der Waals surface area contributed by atoms with Crippen molar-refractivity contribution in [2.24, 2.45) is 0 Å². The fraction of sp³-hybridized carbons (Fsp3) is 0.250. The lowest BCUT2D eigenvalue weighted by atomic mass is 10.2. The molecule has 0 spiro atoms. The Hall–Kier alpha value is -1.48. The second-order valence-corrected chi connectivity index (χ2v) is 4.07. The van der Waals surface area contributed by atoms with E-state index in [1.165, 1.54) is 0 Å². The van der Waals surface area contributed by atoms with E-state index >= 15 is 0 Å². The van der Waals surface area contributed by atoms with Crippen molar-refractivity contribution >= 4 is 11.6 Å². The van der Waals surface area contributed by atoms with Crippen LogP contribution in [0.4, 0.5) is 0 Å². The molecule has 0 saturated heterocycles. The van der Waals surface area contributed by atoms with Crippen LogP contribution in [0.3, 0.4) is 0 Å². The maximum atomic E-state index is 6.03. The molecule has 0 N–H and O–H groups in total. The third kappa shape index (κ3) is 2.04. The van der Waals surface area contributed by atoms with E-state index in [9.17, 15) is 0 Å². The predicted molar refractivity (Wildman–Crippen MR) is 64.5 cm³/mol. The SMILES string of the molecule is Cc1cccc(-c2nc(C)c(C)c(Cl)n2)n1. The van der Waals surface area contributed by atoms with Gasteiger partial charge >= 0.3 is 0 Å². The minimum Gasteiger partial charge on any atom is -0.250 e. The Balaban J connectivity index is 2.57. The van der Waals surface area contributed by atoms with Gasteiger partial charge in [-0.1, -0.05) is 17.7 Å². The van der Waals surface area contributed by atoms with Gasteiger partial charge in [-0.25, -0.2) is 15.0 Å². The van der Waals surface area contributed by atoms with E-state index in [1.807, 2.05) is 39.0 Å². The Labute approximate surface area is 99.5 Å². The highest BCUT2D eigenvalue weighted by molar-refractivity contribution is 6.30. The molecule has 0 unspecified atom stereocenters. The molecule has 2 aromatic heterocycles. The van der Waals surface area contributed by atoms with E-state index in [4.69, 9.17) is 11.6 Å². The lowest BCUT2D eigenvalue weighted by Crippen LogP contribution is -1.98. The third-order valence-electron chi connectivity index (χ3n) is 2.45. The van der Waals surface area contributed by atoms with Gasteiger partial charge in [0.1, 0.15) is 10.8 Å². The Morgan fingerprint density at radius 2 is 1.75 bits per heavy atom. The van der Waals surface area contributed by atoms with Crippen LogP contribution < -0.4 is 0 Å². The van der Waals surface area contributed by atoms with Gasteiger partial charge in [-0.05, 0) is 32.9 Å². The van der Waals surface area contributed by atoms with Crippen molar-refractivity contribution in [2.45, 2.75) is 20.8 Å². The molecule has 0 saturated carbocycles. The van der Waals surface area contributed by atoms with Crippen LogP contribution in [0, 0.1) is 20.8 Å². The fourth-order valence-electron chi connectivity index (χ4n) is 1.38. The first-order valence-corrected chi connectivity index (χ1v) is 5.40. The first-order chi connectivity index (χ1) is 7.58. The Kier molecular flexibility index (Phi) is 2.88. The van der Waals surface area contributed by atoms with E-state index in [0.29, 0.717) is 11.0 Å². The van der Waals surface area contributed by atoms with Gasteiger partial charge in [0.2, 0.25) is 0 Å². The van der Waals surface area contributed by atoms with Gasteiger partial charge in [0.15, 0.2) is 5.82 Å². The van der Waals surface area contributed by atoms with E-state index < -0.39 is 0 Å². The molecule has 4 heteroatoms. The molecule has 0 aliphatic heterocycles. The standard InChI is InChI=1S/C12H12ClN3/c1-7-5-4-6-10(14-7)12-15-9(3)8(2)11(13)16-12/h4-6H,1-3H3.